The standard InChI is InChI=1S/C19H16FN7O/c1-2-22-19(28)27-18-25-15-8-11(12-6-13(20)10-21-9-12)7-14(16(15)26-18)17-23-4-3-5-24-17/h3-10H,2H2,1H3,(H3,22,25,26,27,28)/i1D3,2D2. The molecule has 4 rings (SSSR count). The van der Waals surface area contributed by atoms with Crippen LogP contribution in [0.5, 0.6) is 0 Å². The highest BCUT2D eigenvalue weighted by Gasteiger charge is 2.15. The maximum absolute atomic E-state index is 13.7. The number of fused-ring (bicyclic) bond motifs is 1. The first kappa shape index (κ1) is 12.5. The third-order valence-electron chi connectivity index (χ3n) is 3.84. The van der Waals surface area contributed by atoms with Gasteiger partial charge < -0.3 is 10.3 Å². The number of rotatable bonds is 4. The smallest absolute Gasteiger partial charge is 0.321 e. The van der Waals surface area contributed by atoms with Crippen molar-refractivity contribution in [3.63, 3.8) is 0 Å². The zero-order chi connectivity index (χ0) is 23.8. The lowest BCUT2D eigenvalue weighted by molar-refractivity contribution is 0.252. The van der Waals surface area contributed by atoms with E-state index in [4.69, 9.17) is 6.85 Å². The quantitative estimate of drug-likeness (QED) is 0.501. The molecule has 0 bridgehead atoms. The van der Waals surface area contributed by atoms with Crippen LogP contribution in [0, 0.1) is 5.82 Å². The summed E-state index contributed by atoms with van der Waals surface area (Å²) in [7, 11) is 0. The number of hydrogen-bond acceptors (Lipinski definition) is 5. The molecule has 0 aliphatic rings. The van der Waals surface area contributed by atoms with E-state index in [2.05, 4.69) is 30.2 Å². The van der Waals surface area contributed by atoms with Crippen LogP contribution in [0.15, 0.2) is 49.1 Å². The number of hydrogen-bond donors (Lipinski definition) is 3. The van der Waals surface area contributed by atoms with Crippen molar-refractivity contribution in [2.75, 3.05) is 11.8 Å². The fourth-order valence-electron chi connectivity index (χ4n) is 2.72. The number of pyridine rings is 1. The number of urea groups is 1. The maximum atomic E-state index is 13.7. The van der Waals surface area contributed by atoms with Gasteiger partial charge in [-0.05, 0) is 36.7 Å². The van der Waals surface area contributed by atoms with Crippen LogP contribution in [0.1, 0.15) is 13.7 Å². The van der Waals surface area contributed by atoms with Crippen LogP contribution in [0.25, 0.3) is 33.5 Å². The average molecular weight is 382 g/mol. The Kier molecular flexibility index (Phi) is 3.30. The summed E-state index contributed by atoms with van der Waals surface area (Å²) in [4.78, 5) is 31.7. The van der Waals surface area contributed by atoms with Crippen LogP contribution in [0.3, 0.4) is 0 Å². The van der Waals surface area contributed by atoms with Crippen molar-refractivity contribution < 1.29 is 16.0 Å². The van der Waals surface area contributed by atoms with Crippen LogP contribution < -0.4 is 10.6 Å². The number of nitrogens with zero attached hydrogens (tertiary/aromatic N) is 4. The molecule has 2 amide bonds. The molecule has 140 valence electrons. The Balaban J connectivity index is 1.75. The molecule has 0 radical (unpaired) electrons. The number of nitrogens with one attached hydrogen (secondary N) is 3. The minimum absolute atomic E-state index is 0.0736. The molecule has 0 unspecified atom stereocenters. The van der Waals surface area contributed by atoms with Gasteiger partial charge in [0.05, 0.1) is 11.7 Å². The van der Waals surface area contributed by atoms with Gasteiger partial charge in [-0.15, -0.1) is 0 Å². The minimum Gasteiger partial charge on any atom is -0.338 e. The van der Waals surface area contributed by atoms with Gasteiger partial charge in [0.1, 0.15) is 11.3 Å². The number of imidazole rings is 1. The normalized spacial score (nSPS) is 14.4. The highest BCUT2D eigenvalue weighted by Crippen LogP contribution is 2.32. The molecule has 8 nitrogen and oxygen atoms in total. The summed E-state index contributed by atoms with van der Waals surface area (Å²) in [6.07, 6.45) is 5.65. The number of carbonyl (C=O) groups is 1. The van der Waals surface area contributed by atoms with Gasteiger partial charge in [0.2, 0.25) is 5.95 Å². The van der Waals surface area contributed by atoms with Crippen molar-refractivity contribution >= 4 is 23.0 Å². The molecular weight excluding hydrogens is 361 g/mol. The number of aromatic nitrogens is 5. The summed E-state index contributed by atoms with van der Waals surface area (Å²) in [5, 5.41) is 4.05. The lowest BCUT2D eigenvalue weighted by atomic mass is 10.0. The molecule has 0 spiro atoms. The number of halogens is 1. The predicted molar refractivity (Wildman–Crippen MR) is 103 cm³/mol. The Labute approximate surface area is 166 Å². The van der Waals surface area contributed by atoms with Crippen molar-refractivity contribution in [3.8, 4) is 22.5 Å². The van der Waals surface area contributed by atoms with E-state index in [1.54, 1.807) is 35.9 Å². The minimum atomic E-state index is -3.07. The summed E-state index contributed by atoms with van der Waals surface area (Å²) in [6.45, 7) is -6.02. The molecule has 0 aliphatic heterocycles. The second-order valence-corrected chi connectivity index (χ2v) is 5.67. The Bertz CT molecular complexity index is 1330. The Hall–Kier alpha value is -3.88. The van der Waals surface area contributed by atoms with Crippen LogP contribution in [0.2, 0.25) is 0 Å². The number of amides is 2. The SMILES string of the molecule is [2H]C([2H])([2H])C([2H])([2H])NC(=O)Nc1nc2c(-c3ncccn3)cc(-c3cncc(F)c3)cc2[nH]1. The average Bonchev–Trinajstić information content (AvgIpc) is 3.14. The molecule has 3 aromatic heterocycles. The molecule has 1 aromatic carbocycles. The van der Waals surface area contributed by atoms with E-state index in [0.717, 1.165) is 6.20 Å². The molecule has 28 heavy (non-hydrogen) atoms. The number of anilines is 1. The van der Waals surface area contributed by atoms with E-state index in [9.17, 15) is 9.18 Å². The Morgan fingerprint density at radius 1 is 1.25 bits per heavy atom. The largest absolute Gasteiger partial charge is 0.338 e. The zero-order valence-corrected chi connectivity index (χ0v) is 14.2. The van der Waals surface area contributed by atoms with Crippen LogP contribution in [-0.2, 0) is 0 Å². The lowest BCUT2D eigenvalue weighted by Gasteiger charge is -2.06. The van der Waals surface area contributed by atoms with E-state index < -0.39 is 25.2 Å². The van der Waals surface area contributed by atoms with Gasteiger partial charge in [-0.25, -0.2) is 24.1 Å². The molecule has 0 saturated heterocycles. The van der Waals surface area contributed by atoms with Crippen molar-refractivity contribution in [2.24, 2.45) is 0 Å². The van der Waals surface area contributed by atoms with E-state index in [0.29, 0.717) is 33.5 Å². The third-order valence-corrected chi connectivity index (χ3v) is 3.84. The van der Waals surface area contributed by atoms with Crippen molar-refractivity contribution in [1.29, 1.82) is 0 Å². The Morgan fingerprint density at radius 3 is 2.89 bits per heavy atom. The van der Waals surface area contributed by atoms with Gasteiger partial charge >= 0.3 is 6.03 Å². The summed E-state index contributed by atoms with van der Waals surface area (Å²) in [5.41, 5.74) is 2.36. The molecule has 4 aromatic rings. The Morgan fingerprint density at radius 2 is 2.11 bits per heavy atom. The zero-order valence-electron chi connectivity index (χ0n) is 19.2. The highest BCUT2D eigenvalue weighted by molar-refractivity contribution is 5.97. The lowest BCUT2D eigenvalue weighted by Crippen LogP contribution is -2.28. The van der Waals surface area contributed by atoms with Gasteiger partial charge in [-0.3, -0.25) is 10.3 Å². The summed E-state index contributed by atoms with van der Waals surface area (Å²) in [5.74, 6) is -0.261. The first-order valence-corrected chi connectivity index (χ1v) is 8.05. The fraction of sp³-hybridized carbons (Fsp3) is 0.105. The second-order valence-electron chi connectivity index (χ2n) is 5.67. The molecular formula is C19H16FN7O. The highest BCUT2D eigenvalue weighted by atomic mass is 19.1. The van der Waals surface area contributed by atoms with Gasteiger partial charge in [0.25, 0.3) is 0 Å². The molecule has 0 aliphatic carbocycles. The number of carbonyl (C=O) groups excluding carboxylic acids is 1. The number of benzene rings is 1. The van der Waals surface area contributed by atoms with Crippen LogP contribution in [-0.4, -0.2) is 37.4 Å². The second kappa shape index (κ2) is 7.39. The number of aromatic amines is 1. The molecule has 0 fully saturated rings. The number of H-pyrrole nitrogens is 1. The summed E-state index contributed by atoms with van der Waals surface area (Å²) < 4.78 is 50.3. The van der Waals surface area contributed by atoms with Crippen molar-refractivity contribution in [3.05, 3.63) is 54.9 Å². The van der Waals surface area contributed by atoms with E-state index >= 15 is 0 Å². The maximum Gasteiger partial charge on any atom is 0.321 e. The van der Waals surface area contributed by atoms with Crippen molar-refractivity contribution in [1.82, 2.24) is 30.2 Å². The molecule has 3 heterocycles. The van der Waals surface area contributed by atoms with E-state index in [1.807, 2.05) is 0 Å². The molecule has 3 N–H and O–H groups in total. The van der Waals surface area contributed by atoms with Gasteiger partial charge in [0, 0.05) is 43.1 Å². The van der Waals surface area contributed by atoms with Gasteiger partial charge in [-0.2, -0.15) is 0 Å². The first-order chi connectivity index (χ1) is 15.5. The molecule has 9 heteroatoms. The van der Waals surface area contributed by atoms with Crippen LogP contribution >= 0.6 is 0 Å². The van der Waals surface area contributed by atoms with Crippen molar-refractivity contribution in [2.45, 2.75) is 6.85 Å². The van der Waals surface area contributed by atoms with Gasteiger partial charge in [0.15, 0.2) is 5.82 Å². The third kappa shape index (κ3) is 3.50. The monoisotopic (exact) mass is 382 g/mol. The van der Waals surface area contributed by atoms with Crippen LogP contribution in [0.4, 0.5) is 15.1 Å². The van der Waals surface area contributed by atoms with Gasteiger partial charge in [-0.1, -0.05) is 0 Å². The summed E-state index contributed by atoms with van der Waals surface area (Å²) >= 11 is 0. The van der Waals surface area contributed by atoms with E-state index in [1.165, 1.54) is 12.3 Å². The fourth-order valence-corrected chi connectivity index (χ4v) is 2.72. The summed E-state index contributed by atoms with van der Waals surface area (Å²) in [6, 6.07) is 5.20. The van der Waals surface area contributed by atoms with E-state index in [-0.39, 0.29) is 5.95 Å². The molecule has 0 saturated carbocycles. The topological polar surface area (TPSA) is 108 Å². The predicted octanol–water partition coefficient (Wildman–Crippen LogP) is 3.36. The first-order valence-electron chi connectivity index (χ1n) is 10.5. The molecule has 0 atom stereocenters.